The summed E-state index contributed by atoms with van der Waals surface area (Å²) in [4.78, 5) is 32.0. The highest BCUT2D eigenvalue weighted by Crippen LogP contribution is 2.16. The molecule has 0 aliphatic heterocycles. The summed E-state index contributed by atoms with van der Waals surface area (Å²) in [5.74, 6) is 0.0842. The minimum Gasteiger partial charge on any atom is -0.464 e. The second kappa shape index (κ2) is 10.9. The molecular formula is C21H27N5O4. The van der Waals surface area contributed by atoms with Crippen molar-refractivity contribution >= 4 is 11.9 Å². The minimum atomic E-state index is -0.545. The van der Waals surface area contributed by atoms with Crippen LogP contribution < -0.4 is 0 Å². The Labute approximate surface area is 175 Å². The molecule has 0 atom stereocenters. The Hall–Kier alpha value is -3.49. The number of esters is 1. The molecule has 2 heterocycles. The van der Waals surface area contributed by atoms with E-state index in [1.165, 1.54) is 11.9 Å². The monoisotopic (exact) mass is 413 g/mol. The average molecular weight is 413 g/mol. The van der Waals surface area contributed by atoms with E-state index in [-0.39, 0.29) is 11.6 Å². The van der Waals surface area contributed by atoms with E-state index < -0.39 is 5.97 Å². The first-order valence-corrected chi connectivity index (χ1v) is 9.84. The van der Waals surface area contributed by atoms with Gasteiger partial charge in [0, 0.05) is 19.5 Å². The molecule has 0 saturated heterocycles. The van der Waals surface area contributed by atoms with E-state index in [0.717, 1.165) is 0 Å². The largest absolute Gasteiger partial charge is 0.464 e. The standard InChI is InChI=1S/C19H21N5O4.C2H6/c1-4-23(12-9-16-22-17(13(2)28-16)19(26)27-3)18(25)14-7-5-6-8-15(14)24-20-10-11-21-24;1-2/h5-8,10-11H,4,9,12H2,1-3H3;1-2H3. The number of carbonyl (C=O) groups excluding carboxylic acids is 2. The van der Waals surface area contributed by atoms with Crippen LogP contribution in [0.5, 0.6) is 0 Å². The van der Waals surface area contributed by atoms with E-state index >= 15 is 0 Å². The van der Waals surface area contributed by atoms with Crippen LogP contribution in [0.4, 0.5) is 0 Å². The Morgan fingerprint density at radius 3 is 2.47 bits per heavy atom. The molecule has 0 spiro atoms. The van der Waals surface area contributed by atoms with Crippen LogP contribution >= 0.6 is 0 Å². The van der Waals surface area contributed by atoms with Gasteiger partial charge in [0.2, 0.25) is 0 Å². The molecule has 9 heteroatoms. The van der Waals surface area contributed by atoms with Gasteiger partial charge in [0.1, 0.15) is 5.76 Å². The highest BCUT2D eigenvalue weighted by atomic mass is 16.5. The molecule has 1 amide bonds. The van der Waals surface area contributed by atoms with E-state index in [1.807, 2.05) is 26.8 Å². The molecule has 3 rings (SSSR count). The number of oxazole rings is 1. The summed E-state index contributed by atoms with van der Waals surface area (Å²) in [6, 6.07) is 7.17. The summed E-state index contributed by atoms with van der Waals surface area (Å²) in [5, 5.41) is 8.22. The molecule has 0 N–H and O–H groups in total. The topological polar surface area (TPSA) is 103 Å². The Morgan fingerprint density at radius 2 is 1.83 bits per heavy atom. The maximum Gasteiger partial charge on any atom is 0.360 e. The third-order valence-electron chi connectivity index (χ3n) is 4.25. The van der Waals surface area contributed by atoms with E-state index in [2.05, 4.69) is 19.9 Å². The first-order valence-electron chi connectivity index (χ1n) is 9.84. The second-order valence-corrected chi connectivity index (χ2v) is 5.97. The van der Waals surface area contributed by atoms with Crippen LogP contribution in [0.15, 0.2) is 41.1 Å². The maximum absolute atomic E-state index is 13.1. The number of ether oxygens (including phenoxy) is 1. The van der Waals surface area contributed by atoms with Crippen molar-refractivity contribution in [1.29, 1.82) is 0 Å². The van der Waals surface area contributed by atoms with Crippen LogP contribution in [-0.4, -0.2) is 57.0 Å². The minimum absolute atomic E-state index is 0.146. The van der Waals surface area contributed by atoms with Crippen molar-refractivity contribution in [2.24, 2.45) is 0 Å². The van der Waals surface area contributed by atoms with Crippen molar-refractivity contribution in [2.45, 2.75) is 34.1 Å². The molecule has 0 aliphatic carbocycles. The van der Waals surface area contributed by atoms with Crippen LogP contribution in [0, 0.1) is 6.92 Å². The number of hydrogen-bond donors (Lipinski definition) is 0. The lowest BCUT2D eigenvalue weighted by Crippen LogP contribution is -2.33. The summed E-state index contributed by atoms with van der Waals surface area (Å²) < 4.78 is 10.2. The number of aromatic nitrogens is 4. The van der Waals surface area contributed by atoms with E-state index in [4.69, 9.17) is 4.42 Å². The first kappa shape index (κ1) is 22.8. The third-order valence-corrected chi connectivity index (χ3v) is 4.25. The van der Waals surface area contributed by atoms with Crippen molar-refractivity contribution in [2.75, 3.05) is 20.2 Å². The number of methoxy groups -OCH3 is 1. The van der Waals surface area contributed by atoms with Crippen molar-refractivity contribution in [3.63, 3.8) is 0 Å². The molecule has 0 radical (unpaired) electrons. The van der Waals surface area contributed by atoms with Crippen LogP contribution in [0.25, 0.3) is 5.69 Å². The lowest BCUT2D eigenvalue weighted by atomic mass is 10.1. The van der Waals surface area contributed by atoms with E-state index in [9.17, 15) is 9.59 Å². The molecular weight excluding hydrogens is 386 g/mol. The first-order chi connectivity index (χ1) is 14.5. The van der Waals surface area contributed by atoms with Gasteiger partial charge in [-0.15, -0.1) is 0 Å². The van der Waals surface area contributed by atoms with Gasteiger partial charge in [-0.05, 0) is 26.0 Å². The normalized spacial score (nSPS) is 10.2. The summed E-state index contributed by atoms with van der Waals surface area (Å²) >= 11 is 0. The number of hydrogen-bond acceptors (Lipinski definition) is 7. The Kier molecular flexibility index (Phi) is 8.28. The van der Waals surface area contributed by atoms with E-state index in [1.54, 1.807) is 42.4 Å². The lowest BCUT2D eigenvalue weighted by molar-refractivity contribution is 0.0592. The second-order valence-electron chi connectivity index (χ2n) is 5.97. The molecule has 0 aliphatic rings. The molecule has 0 unspecified atom stereocenters. The average Bonchev–Trinajstić information content (AvgIpc) is 3.45. The SMILES string of the molecule is CC.CCN(CCc1nc(C(=O)OC)c(C)o1)C(=O)c1ccccc1-n1nccn1. The Morgan fingerprint density at radius 1 is 1.17 bits per heavy atom. The van der Waals surface area contributed by atoms with Crippen LogP contribution in [0.2, 0.25) is 0 Å². The van der Waals surface area contributed by atoms with Crippen molar-refractivity contribution in [1.82, 2.24) is 24.9 Å². The van der Waals surface area contributed by atoms with Crippen LogP contribution in [0.1, 0.15) is 53.3 Å². The quantitative estimate of drug-likeness (QED) is 0.548. The number of likely N-dealkylation sites (N-methyl/N-ethyl adjacent to an activating group) is 1. The van der Waals surface area contributed by atoms with E-state index in [0.29, 0.717) is 42.4 Å². The van der Waals surface area contributed by atoms with Crippen LogP contribution in [-0.2, 0) is 11.2 Å². The van der Waals surface area contributed by atoms with Gasteiger partial charge in [-0.25, -0.2) is 9.78 Å². The molecule has 2 aromatic heterocycles. The summed E-state index contributed by atoms with van der Waals surface area (Å²) in [5.41, 5.74) is 1.26. The van der Waals surface area contributed by atoms with Crippen LogP contribution in [0.3, 0.4) is 0 Å². The van der Waals surface area contributed by atoms with Gasteiger partial charge in [0.25, 0.3) is 5.91 Å². The predicted octanol–water partition coefficient (Wildman–Crippen LogP) is 3.08. The van der Waals surface area contributed by atoms with Gasteiger partial charge in [0.15, 0.2) is 11.6 Å². The van der Waals surface area contributed by atoms with Gasteiger partial charge < -0.3 is 14.1 Å². The van der Waals surface area contributed by atoms with Crippen molar-refractivity contribution in [3.8, 4) is 5.69 Å². The number of aryl methyl sites for hydroxylation is 1. The highest BCUT2D eigenvalue weighted by Gasteiger charge is 2.21. The predicted molar refractivity (Wildman–Crippen MR) is 111 cm³/mol. The number of nitrogens with zero attached hydrogens (tertiary/aromatic N) is 5. The zero-order valence-corrected chi connectivity index (χ0v) is 18.0. The molecule has 30 heavy (non-hydrogen) atoms. The highest BCUT2D eigenvalue weighted by molar-refractivity contribution is 5.97. The smallest absolute Gasteiger partial charge is 0.360 e. The molecule has 0 bridgehead atoms. The number of benzene rings is 1. The number of para-hydroxylation sites is 1. The van der Waals surface area contributed by atoms with Gasteiger partial charge in [0.05, 0.1) is 30.8 Å². The van der Waals surface area contributed by atoms with Gasteiger partial charge in [-0.3, -0.25) is 4.79 Å². The number of amides is 1. The summed E-state index contributed by atoms with van der Waals surface area (Å²) in [6.07, 6.45) is 3.49. The zero-order valence-electron chi connectivity index (χ0n) is 18.0. The molecule has 3 aromatic rings. The third kappa shape index (κ3) is 5.11. The molecule has 0 saturated carbocycles. The van der Waals surface area contributed by atoms with Crippen molar-refractivity contribution < 1.29 is 18.7 Å². The fourth-order valence-corrected chi connectivity index (χ4v) is 2.82. The van der Waals surface area contributed by atoms with Gasteiger partial charge in [-0.1, -0.05) is 26.0 Å². The summed E-state index contributed by atoms with van der Waals surface area (Å²) in [6.45, 7) is 8.44. The van der Waals surface area contributed by atoms with Gasteiger partial charge in [-0.2, -0.15) is 15.0 Å². The molecule has 9 nitrogen and oxygen atoms in total. The lowest BCUT2D eigenvalue weighted by Gasteiger charge is -2.21. The maximum atomic E-state index is 13.1. The molecule has 0 fully saturated rings. The fraction of sp³-hybridized carbons (Fsp3) is 0.381. The molecule has 1 aromatic carbocycles. The summed E-state index contributed by atoms with van der Waals surface area (Å²) in [7, 11) is 1.29. The van der Waals surface area contributed by atoms with Crippen molar-refractivity contribution in [3.05, 3.63) is 59.6 Å². The molecule has 160 valence electrons. The van der Waals surface area contributed by atoms with Gasteiger partial charge >= 0.3 is 5.97 Å². The number of carbonyl (C=O) groups is 2. The Balaban J connectivity index is 0.00000155. The Bertz CT molecular complexity index is 966. The fourth-order valence-electron chi connectivity index (χ4n) is 2.82. The zero-order chi connectivity index (χ0) is 22.1. The number of rotatable bonds is 7.